The Morgan fingerprint density at radius 2 is 1.75 bits per heavy atom. The quantitative estimate of drug-likeness (QED) is 0.357. The highest BCUT2D eigenvalue weighted by Gasteiger charge is 2.23. The Morgan fingerprint density at radius 3 is 2.17 bits per heavy atom. The molecule has 1 aromatic carbocycles. The fourth-order valence-electron chi connectivity index (χ4n) is 1.43. The number of methoxy groups -OCH3 is 1. The third kappa shape index (κ3) is 9.77. The molecule has 0 aliphatic heterocycles. The van der Waals surface area contributed by atoms with Crippen LogP contribution in [0.2, 0.25) is 0 Å². The van der Waals surface area contributed by atoms with Crippen molar-refractivity contribution >= 4 is 33.5 Å². The van der Waals surface area contributed by atoms with Crippen molar-refractivity contribution in [3.05, 3.63) is 18.2 Å². The van der Waals surface area contributed by atoms with E-state index in [1.807, 2.05) is 0 Å². The molecule has 0 aromatic heterocycles. The molecule has 0 fully saturated rings. The fourth-order valence-corrected chi connectivity index (χ4v) is 1.43. The molecule has 24 heavy (non-hydrogen) atoms. The lowest BCUT2D eigenvalue weighted by Crippen LogP contribution is -2.26. The first-order valence-electron chi connectivity index (χ1n) is 6.70. The Bertz CT molecular complexity index is 686. The van der Waals surface area contributed by atoms with Gasteiger partial charge in [0.25, 0.3) is 0 Å². The second kappa shape index (κ2) is 8.62. The number of amides is 1. The first-order chi connectivity index (χ1) is 10.7. The van der Waals surface area contributed by atoms with Gasteiger partial charge in [0.1, 0.15) is 11.5 Å². The summed E-state index contributed by atoms with van der Waals surface area (Å²) in [5.41, 5.74) is 6.10. The zero-order chi connectivity index (χ0) is 19.1. The van der Waals surface area contributed by atoms with E-state index in [1.165, 1.54) is 7.11 Å². The molecule has 1 rings (SSSR count). The van der Waals surface area contributed by atoms with Crippen LogP contribution >= 0.6 is 0 Å². The Labute approximate surface area is 140 Å². The van der Waals surface area contributed by atoms with Crippen molar-refractivity contribution < 1.29 is 31.8 Å². The van der Waals surface area contributed by atoms with Crippen LogP contribution in [0.5, 0.6) is 5.75 Å². The molecule has 1 aromatic rings. The van der Waals surface area contributed by atoms with Gasteiger partial charge in [-0.05, 0) is 18.2 Å². The average Bonchev–Trinajstić information content (AvgIpc) is 2.35. The number of Topliss-reactive ketones (excluding diaryl/α,β-unsaturated/α-hetero) is 1. The minimum Gasteiger partial charge on any atom is -0.495 e. The van der Waals surface area contributed by atoms with E-state index >= 15 is 0 Å². The maximum Gasteiger partial charge on any atom is 0.394 e. The predicted octanol–water partition coefficient (Wildman–Crippen LogP) is 1.57. The van der Waals surface area contributed by atoms with Crippen LogP contribution in [0.3, 0.4) is 0 Å². The van der Waals surface area contributed by atoms with Crippen LogP contribution in [0.15, 0.2) is 18.2 Å². The highest BCUT2D eigenvalue weighted by atomic mass is 32.3. The van der Waals surface area contributed by atoms with Crippen molar-refractivity contribution in [1.29, 1.82) is 0 Å². The van der Waals surface area contributed by atoms with Crippen molar-refractivity contribution in [2.24, 2.45) is 5.41 Å². The van der Waals surface area contributed by atoms with Gasteiger partial charge >= 0.3 is 10.4 Å². The van der Waals surface area contributed by atoms with Gasteiger partial charge in [-0.3, -0.25) is 18.7 Å². The summed E-state index contributed by atoms with van der Waals surface area (Å²) in [6, 6.07) is 4.93. The first-order valence-corrected chi connectivity index (χ1v) is 8.10. The van der Waals surface area contributed by atoms with E-state index in [-0.39, 0.29) is 18.1 Å². The van der Waals surface area contributed by atoms with Gasteiger partial charge in [-0.1, -0.05) is 20.8 Å². The molecule has 0 unspecified atom stereocenters. The maximum absolute atomic E-state index is 11.8. The molecular formula is C14H22N2O7S. The molecular weight excluding hydrogens is 340 g/mol. The minimum absolute atomic E-state index is 0.118. The molecule has 0 heterocycles. The van der Waals surface area contributed by atoms with Crippen LogP contribution in [0.1, 0.15) is 27.2 Å². The number of carbonyl (C=O) groups is 2. The van der Waals surface area contributed by atoms with E-state index in [4.69, 9.17) is 28.0 Å². The molecule has 0 radical (unpaired) electrons. The van der Waals surface area contributed by atoms with Crippen LogP contribution in [-0.2, 0) is 20.0 Å². The maximum atomic E-state index is 11.8. The molecule has 5 N–H and O–H groups in total. The van der Waals surface area contributed by atoms with Gasteiger partial charge in [-0.25, -0.2) is 0 Å². The number of ether oxygens (including phenoxy) is 1. The molecule has 136 valence electrons. The summed E-state index contributed by atoms with van der Waals surface area (Å²) in [7, 11) is -3.17. The van der Waals surface area contributed by atoms with Crippen LogP contribution in [-0.4, -0.2) is 36.3 Å². The molecule has 0 bridgehead atoms. The van der Waals surface area contributed by atoms with Crippen LogP contribution in [0.4, 0.5) is 11.4 Å². The van der Waals surface area contributed by atoms with Gasteiger partial charge in [0.2, 0.25) is 5.91 Å². The second-order valence-corrected chi connectivity index (χ2v) is 6.70. The Hall–Kier alpha value is -2.17. The summed E-state index contributed by atoms with van der Waals surface area (Å²) in [6.07, 6.45) is -0.165. The van der Waals surface area contributed by atoms with Crippen LogP contribution in [0, 0.1) is 5.41 Å². The average molecular weight is 362 g/mol. The Kier molecular flexibility index (Phi) is 7.84. The van der Waals surface area contributed by atoms with Crippen LogP contribution in [0.25, 0.3) is 0 Å². The number of ketones is 1. The van der Waals surface area contributed by atoms with Crippen molar-refractivity contribution in [2.75, 3.05) is 18.2 Å². The number of hydrogen-bond acceptors (Lipinski definition) is 6. The Morgan fingerprint density at radius 1 is 1.25 bits per heavy atom. The van der Waals surface area contributed by atoms with E-state index in [0.717, 1.165) is 0 Å². The zero-order valence-corrected chi connectivity index (χ0v) is 14.7. The smallest absolute Gasteiger partial charge is 0.394 e. The number of rotatable bonds is 4. The normalized spacial score (nSPS) is 11.1. The second-order valence-electron chi connectivity index (χ2n) is 5.81. The minimum atomic E-state index is -4.67. The first kappa shape index (κ1) is 21.8. The summed E-state index contributed by atoms with van der Waals surface area (Å²) in [6.45, 7) is 5.34. The van der Waals surface area contributed by atoms with Crippen molar-refractivity contribution in [1.82, 2.24) is 0 Å². The SMILES string of the molecule is COc1ccc(N)cc1NC(=O)CC(=O)C(C)(C)C.O=S(=O)(O)O. The van der Waals surface area contributed by atoms with Gasteiger partial charge in [0.05, 0.1) is 19.2 Å². The van der Waals surface area contributed by atoms with E-state index in [0.29, 0.717) is 17.1 Å². The molecule has 10 heteroatoms. The molecule has 0 aliphatic rings. The number of anilines is 2. The monoisotopic (exact) mass is 362 g/mol. The molecule has 0 atom stereocenters. The third-order valence-corrected chi connectivity index (χ3v) is 2.66. The van der Waals surface area contributed by atoms with Gasteiger partial charge in [0.15, 0.2) is 0 Å². The number of hydrogen-bond donors (Lipinski definition) is 4. The van der Waals surface area contributed by atoms with E-state index in [1.54, 1.807) is 39.0 Å². The summed E-state index contributed by atoms with van der Waals surface area (Å²) >= 11 is 0. The van der Waals surface area contributed by atoms with Gasteiger partial charge in [-0.2, -0.15) is 8.42 Å². The van der Waals surface area contributed by atoms with E-state index < -0.39 is 15.8 Å². The Balaban J connectivity index is 0.000000922. The molecule has 9 nitrogen and oxygen atoms in total. The molecule has 0 spiro atoms. The predicted molar refractivity (Wildman–Crippen MR) is 89.3 cm³/mol. The molecule has 0 aliphatic carbocycles. The molecule has 1 amide bonds. The standard InChI is InChI=1S/C14H20N2O3.H2O4S/c1-14(2,3)12(17)8-13(18)16-10-7-9(15)5-6-11(10)19-4;1-5(2,3)4/h5-7H,8,15H2,1-4H3,(H,16,18);(H2,1,2,3,4). The topological polar surface area (TPSA) is 156 Å². The fraction of sp³-hybridized carbons (Fsp3) is 0.429. The number of benzene rings is 1. The lowest BCUT2D eigenvalue weighted by atomic mass is 9.89. The van der Waals surface area contributed by atoms with Gasteiger partial charge in [-0.15, -0.1) is 0 Å². The number of nitrogens with one attached hydrogen (secondary N) is 1. The summed E-state index contributed by atoms with van der Waals surface area (Å²) in [5.74, 6) is 0.0162. The lowest BCUT2D eigenvalue weighted by molar-refractivity contribution is -0.130. The van der Waals surface area contributed by atoms with Crippen LogP contribution < -0.4 is 15.8 Å². The highest BCUT2D eigenvalue weighted by molar-refractivity contribution is 7.79. The third-order valence-electron chi connectivity index (χ3n) is 2.66. The summed E-state index contributed by atoms with van der Waals surface area (Å²) < 4.78 is 36.7. The van der Waals surface area contributed by atoms with Crippen molar-refractivity contribution in [3.8, 4) is 5.75 Å². The zero-order valence-electron chi connectivity index (χ0n) is 13.9. The molecule has 0 saturated carbocycles. The van der Waals surface area contributed by atoms with E-state index in [9.17, 15) is 9.59 Å². The van der Waals surface area contributed by atoms with E-state index in [2.05, 4.69) is 5.32 Å². The van der Waals surface area contributed by atoms with Crippen molar-refractivity contribution in [3.63, 3.8) is 0 Å². The highest BCUT2D eigenvalue weighted by Crippen LogP contribution is 2.27. The van der Waals surface area contributed by atoms with Gasteiger partial charge in [0, 0.05) is 11.1 Å². The van der Waals surface area contributed by atoms with Crippen molar-refractivity contribution in [2.45, 2.75) is 27.2 Å². The summed E-state index contributed by atoms with van der Waals surface area (Å²) in [5, 5.41) is 2.64. The number of nitrogens with two attached hydrogens (primary N) is 1. The lowest BCUT2D eigenvalue weighted by Gasteiger charge is -2.16. The largest absolute Gasteiger partial charge is 0.495 e. The number of carbonyl (C=O) groups excluding carboxylic acids is 2. The molecule has 0 saturated heterocycles. The van der Waals surface area contributed by atoms with Gasteiger partial charge < -0.3 is 15.8 Å². The summed E-state index contributed by atoms with van der Waals surface area (Å²) in [4.78, 5) is 23.6. The number of nitrogen functional groups attached to an aromatic ring is 1.